The molecule has 0 aromatic heterocycles. The molecule has 1 amide bonds. The topological polar surface area (TPSA) is 29.1 Å². The highest BCUT2D eigenvalue weighted by Gasteiger charge is 2.05. The molecule has 1 rings (SSSR count). The molecule has 0 radical (unpaired) electrons. The van der Waals surface area contributed by atoms with Gasteiger partial charge in [-0.05, 0) is 24.6 Å². The van der Waals surface area contributed by atoms with Crippen LogP contribution in [-0.4, -0.2) is 5.91 Å². The highest BCUT2D eigenvalue weighted by Crippen LogP contribution is 2.25. The van der Waals surface area contributed by atoms with Crippen LogP contribution in [-0.2, 0) is 4.79 Å². The third kappa shape index (κ3) is 3.94. The van der Waals surface area contributed by atoms with E-state index in [4.69, 9.17) is 23.2 Å². The van der Waals surface area contributed by atoms with E-state index in [1.165, 1.54) is 0 Å². The van der Waals surface area contributed by atoms with Gasteiger partial charge in [-0.1, -0.05) is 29.3 Å². The van der Waals surface area contributed by atoms with Crippen LogP contribution in [0.15, 0.2) is 30.9 Å². The number of amides is 1. The molecular formula is C11H11Cl2NO. The van der Waals surface area contributed by atoms with Crippen molar-refractivity contribution in [3.8, 4) is 0 Å². The molecule has 4 heteroatoms. The summed E-state index contributed by atoms with van der Waals surface area (Å²) in [5, 5.41) is 3.70. The van der Waals surface area contributed by atoms with Crippen molar-refractivity contribution in [2.75, 3.05) is 5.32 Å². The standard InChI is InChI=1S/C11H11Cl2NO/c1-2-3-4-11(15)14-10-7-8(12)5-6-9(10)13/h2,5-7H,1,3-4H2,(H,14,15). The van der Waals surface area contributed by atoms with E-state index in [1.807, 2.05) is 0 Å². The van der Waals surface area contributed by atoms with Crippen molar-refractivity contribution in [1.29, 1.82) is 0 Å². The van der Waals surface area contributed by atoms with Crippen LogP contribution in [0.2, 0.25) is 10.0 Å². The number of anilines is 1. The number of rotatable bonds is 4. The molecule has 0 fully saturated rings. The summed E-state index contributed by atoms with van der Waals surface area (Å²) in [4.78, 5) is 11.4. The predicted octanol–water partition coefficient (Wildman–Crippen LogP) is 3.90. The van der Waals surface area contributed by atoms with Crippen molar-refractivity contribution in [2.45, 2.75) is 12.8 Å². The van der Waals surface area contributed by atoms with Crippen LogP contribution in [0.1, 0.15) is 12.8 Å². The molecule has 0 atom stereocenters. The van der Waals surface area contributed by atoms with E-state index in [-0.39, 0.29) is 5.91 Å². The minimum absolute atomic E-state index is 0.0981. The number of allylic oxidation sites excluding steroid dienone is 1. The van der Waals surface area contributed by atoms with Gasteiger partial charge in [0.15, 0.2) is 0 Å². The number of nitrogens with one attached hydrogen (secondary N) is 1. The number of halogens is 2. The first-order valence-electron chi connectivity index (χ1n) is 4.49. The van der Waals surface area contributed by atoms with Crippen LogP contribution >= 0.6 is 23.2 Å². The van der Waals surface area contributed by atoms with Crippen LogP contribution in [0, 0.1) is 0 Å². The van der Waals surface area contributed by atoms with Gasteiger partial charge in [0.05, 0.1) is 10.7 Å². The molecule has 15 heavy (non-hydrogen) atoms. The third-order valence-electron chi connectivity index (χ3n) is 1.78. The van der Waals surface area contributed by atoms with E-state index in [0.29, 0.717) is 28.6 Å². The molecular weight excluding hydrogens is 233 g/mol. The number of carbonyl (C=O) groups excluding carboxylic acids is 1. The smallest absolute Gasteiger partial charge is 0.224 e. The van der Waals surface area contributed by atoms with Gasteiger partial charge in [0.25, 0.3) is 0 Å². The highest BCUT2D eigenvalue weighted by atomic mass is 35.5. The number of benzene rings is 1. The molecule has 0 aliphatic heterocycles. The SMILES string of the molecule is C=CCCC(=O)Nc1cc(Cl)ccc1Cl. The summed E-state index contributed by atoms with van der Waals surface area (Å²) in [6.45, 7) is 3.54. The van der Waals surface area contributed by atoms with E-state index in [0.717, 1.165) is 0 Å². The van der Waals surface area contributed by atoms with Gasteiger partial charge < -0.3 is 5.32 Å². The van der Waals surface area contributed by atoms with E-state index >= 15 is 0 Å². The zero-order valence-corrected chi connectivity index (χ0v) is 9.61. The first-order chi connectivity index (χ1) is 7.13. The normalized spacial score (nSPS) is 9.73. The maximum Gasteiger partial charge on any atom is 0.224 e. The fraction of sp³-hybridized carbons (Fsp3) is 0.182. The zero-order chi connectivity index (χ0) is 11.3. The minimum Gasteiger partial charge on any atom is -0.325 e. The second kappa shape index (κ2) is 5.79. The Hall–Kier alpha value is -0.990. The van der Waals surface area contributed by atoms with Crippen LogP contribution in [0.4, 0.5) is 5.69 Å². The average molecular weight is 244 g/mol. The Bertz CT molecular complexity index is 377. The number of hydrogen-bond acceptors (Lipinski definition) is 1. The molecule has 0 heterocycles. The van der Waals surface area contributed by atoms with E-state index < -0.39 is 0 Å². The molecule has 80 valence electrons. The highest BCUT2D eigenvalue weighted by molar-refractivity contribution is 6.35. The Kier molecular flexibility index (Phi) is 4.66. The van der Waals surface area contributed by atoms with E-state index in [1.54, 1.807) is 24.3 Å². The average Bonchev–Trinajstić information content (AvgIpc) is 2.20. The lowest BCUT2D eigenvalue weighted by molar-refractivity contribution is -0.116. The minimum atomic E-state index is -0.0981. The van der Waals surface area contributed by atoms with Gasteiger partial charge >= 0.3 is 0 Å². The molecule has 2 nitrogen and oxygen atoms in total. The van der Waals surface area contributed by atoms with Crippen molar-refractivity contribution >= 4 is 34.8 Å². The Morgan fingerprint density at radius 2 is 2.20 bits per heavy atom. The Labute approximate surface area is 98.9 Å². The maximum absolute atomic E-state index is 11.4. The third-order valence-corrected chi connectivity index (χ3v) is 2.34. The van der Waals surface area contributed by atoms with Crippen molar-refractivity contribution in [3.63, 3.8) is 0 Å². The quantitative estimate of drug-likeness (QED) is 0.799. The summed E-state index contributed by atoms with van der Waals surface area (Å²) in [5.41, 5.74) is 0.540. The molecule has 0 aliphatic rings. The molecule has 0 spiro atoms. The lowest BCUT2D eigenvalue weighted by Crippen LogP contribution is -2.10. The first-order valence-corrected chi connectivity index (χ1v) is 5.25. The van der Waals surface area contributed by atoms with Crippen molar-refractivity contribution in [3.05, 3.63) is 40.9 Å². The second-order valence-electron chi connectivity index (χ2n) is 3.00. The summed E-state index contributed by atoms with van der Waals surface area (Å²) in [6.07, 6.45) is 2.73. The van der Waals surface area contributed by atoms with Gasteiger partial charge in [-0.15, -0.1) is 6.58 Å². The Morgan fingerprint density at radius 3 is 2.87 bits per heavy atom. The second-order valence-corrected chi connectivity index (χ2v) is 3.84. The van der Waals surface area contributed by atoms with Crippen LogP contribution < -0.4 is 5.32 Å². The summed E-state index contributed by atoms with van der Waals surface area (Å²) in [5.74, 6) is -0.0981. The lowest BCUT2D eigenvalue weighted by Gasteiger charge is -2.06. The van der Waals surface area contributed by atoms with Gasteiger partial charge in [0.2, 0.25) is 5.91 Å². The van der Waals surface area contributed by atoms with Crippen molar-refractivity contribution in [2.24, 2.45) is 0 Å². The van der Waals surface area contributed by atoms with E-state index in [9.17, 15) is 4.79 Å². The molecule has 1 aromatic carbocycles. The lowest BCUT2D eigenvalue weighted by atomic mass is 10.2. The monoisotopic (exact) mass is 243 g/mol. The summed E-state index contributed by atoms with van der Waals surface area (Å²) < 4.78 is 0. The summed E-state index contributed by atoms with van der Waals surface area (Å²) >= 11 is 11.7. The first kappa shape index (κ1) is 12.1. The van der Waals surface area contributed by atoms with Gasteiger partial charge in [-0.2, -0.15) is 0 Å². The fourth-order valence-corrected chi connectivity index (χ4v) is 1.38. The maximum atomic E-state index is 11.4. The van der Waals surface area contributed by atoms with Gasteiger partial charge in [-0.3, -0.25) is 4.79 Å². The van der Waals surface area contributed by atoms with Crippen molar-refractivity contribution in [1.82, 2.24) is 0 Å². The summed E-state index contributed by atoms with van der Waals surface area (Å²) in [6, 6.07) is 4.94. The Morgan fingerprint density at radius 1 is 1.47 bits per heavy atom. The summed E-state index contributed by atoms with van der Waals surface area (Å²) in [7, 11) is 0. The molecule has 0 bridgehead atoms. The van der Waals surface area contributed by atoms with Crippen LogP contribution in [0.25, 0.3) is 0 Å². The van der Waals surface area contributed by atoms with Gasteiger partial charge in [-0.25, -0.2) is 0 Å². The number of carbonyl (C=O) groups is 1. The van der Waals surface area contributed by atoms with E-state index in [2.05, 4.69) is 11.9 Å². The molecule has 1 N–H and O–H groups in total. The molecule has 1 aromatic rings. The molecule has 0 saturated heterocycles. The molecule has 0 aliphatic carbocycles. The molecule has 0 unspecified atom stereocenters. The molecule has 0 saturated carbocycles. The van der Waals surface area contributed by atoms with Gasteiger partial charge in [0.1, 0.15) is 0 Å². The number of hydrogen-bond donors (Lipinski definition) is 1. The van der Waals surface area contributed by atoms with Gasteiger partial charge in [0, 0.05) is 11.4 Å². The van der Waals surface area contributed by atoms with Crippen LogP contribution in [0.3, 0.4) is 0 Å². The Balaban J connectivity index is 2.67. The van der Waals surface area contributed by atoms with Crippen molar-refractivity contribution < 1.29 is 4.79 Å². The zero-order valence-electron chi connectivity index (χ0n) is 8.09. The van der Waals surface area contributed by atoms with Crippen LogP contribution in [0.5, 0.6) is 0 Å². The fourth-order valence-electron chi connectivity index (χ4n) is 1.04. The predicted molar refractivity (Wildman–Crippen MR) is 64.5 cm³/mol. The largest absolute Gasteiger partial charge is 0.325 e.